The van der Waals surface area contributed by atoms with Gasteiger partial charge in [0.25, 0.3) is 0 Å². The molecule has 0 spiro atoms. The molecule has 7 heteroatoms. The van der Waals surface area contributed by atoms with Gasteiger partial charge in [-0.05, 0) is 45.6 Å². The van der Waals surface area contributed by atoms with E-state index in [0.29, 0.717) is 12.1 Å². The summed E-state index contributed by atoms with van der Waals surface area (Å²) in [5.74, 6) is 2.12. The number of hydrogen-bond acceptors (Lipinski definition) is 6. The minimum atomic E-state index is 0.533. The third-order valence-corrected chi connectivity index (χ3v) is 5.68. The van der Waals surface area contributed by atoms with Gasteiger partial charge in [-0.1, -0.05) is 0 Å². The van der Waals surface area contributed by atoms with Crippen molar-refractivity contribution in [2.24, 2.45) is 0 Å². The highest BCUT2D eigenvalue weighted by Crippen LogP contribution is 2.36. The van der Waals surface area contributed by atoms with Crippen molar-refractivity contribution in [2.45, 2.75) is 51.6 Å². The van der Waals surface area contributed by atoms with Crippen molar-refractivity contribution in [2.75, 3.05) is 22.9 Å². The number of rotatable bonds is 4. The van der Waals surface area contributed by atoms with Crippen molar-refractivity contribution < 1.29 is 0 Å². The van der Waals surface area contributed by atoms with Gasteiger partial charge in [0.15, 0.2) is 5.82 Å². The summed E-state index contributed by atoms with van der Waals surface area (Å²) in [4.78, 5) is 26.2. The molecule has 0 bridgehead atoms. The molecule has 0 amide bonds. The molecule has 140 valence electrons. The molecule has 0 radical (unpaired) electrons. The molecule has 1 saturated heterocycles. The highest BCUT2D eigenvalue weighted by Gasteiger charge is 2.36. The Morgan fingerprint density at radius 2 is 1.67 bits per heavy atom. The Morgan fingerprint density at radius 1 is 0.926 bits per heavy atom. The van der Waals surface area contributed by atoms with Crippen molar-refractivity contribution in [3.8, 4) is 0 Å². The molecular weight excluding hydrogens is 338 g/mol. The summed E-state index contributed by atoms with van der Waals surface area (Å²) in [5, 5.41) is 0. The molecule has 4 heterocycles. The normalized spacial score (nSPS) is 18.2. The summed E-state index contributed by atoms with van der Waals surface area (Å²) >= 11 is 0. The Balaban J connectivity index is 1.36. The second-order valence-electron chi connectivity index (χ2n) is 7.78. The molecular formula is C20H25N7. The van der Waals surface area contributed by atoms with Gasteiger partial charge in [0, 0.05) is 42.6 Å². The lowest BCUT2D eigenvalue weighted by molar-refractivity contribution is 0.457. The molecule has 0 atom stereocenters. The van der Waals surface area contributed by atoms with E-state index < -0.39 is 0 Å². The molecule has 1 aliphatic carbocycles. The largest absolute Gasteiger partial charge is 0.355 e. The van der Waals surface area contributed by atoms with Gasteiger partial charge < -0.3 is 14.8 Å². The quantitative estimate of drug-likeness (QED) is 0.768. The molecule has 1 aliphatic heterocycles. The van der Waals surface area contributed by atoms with Crippen LogP contribution in [0.25, 0.3) is 11.0 Å². The first-order chi connectivity index (χ1) is 13.2. The second kappa shape index (κ2) is 6.48. The van der Waals surface area contributed by atoms with Crippen LogP contribution in [-0.2, 0) is 0 Å². The van der Waals surface area contributed by atoms with E-state index in [1.165, 1.54) is 12.8 Å². The first-order valence-electron chi connectivity index (χ1n) is 9.81. The summed E-state index contributed by atoms with van der Waals surface area (Å²) < 4.78 is 0. The van der Waals surface area contributed by atoms with Crippen LogP contribution in [-0.4, -0.2) is 50.1 Å². The fourth-order valence-electron chi connectivity index (χ4n) is 4.26. The Labute approximate surface area is 158 Å². The fourth-order valence-corrected chi connectivity index (χ4v) is 4.26. The maximum Gasteiger partial charge on any atom is 0.156 e. The monoisotopic (exact) mass is 363 g/mol. The molecule has 0 unspecified atom stereocenters. The van der Waals surface area contributed by atoms with Gasteiger partial charge in [0.2, 0.25) is 0 Å². The number of H-pyrrole nitrogens is 1. The number of nitrogens with one attached hydrogen (secondary N) is 1. The summed E-state index contributed by atoms with van der Waals surface area (Å²) in [7, 11) is 0. The van der Waals surface area contributed by atoms with Crippen LogP contribution in [0.5, 0.6) is 0 Å². The van der Waals surface area contributed by atoms with E-state index in [0.717, 1.165) is 60.0 Å². The number of nitrogens with zero attached hydrogens (tertiary/aromatic N) is 6. The second-order valence-corrected chi connectivity index (χ2v) is 7.78. The van der Waals surface area contributed by atoms with E-state index in [9.17, 15) is 0 Å². The zero-order valence-corrected chi connectivity index (χ0v) is 15.9. The number of aryl methyl sites for hydroxylation is 2. The van der Waals surface area contributed by atoms with Gasteiger partial charge in [-0.25, -0.2) is 19.9 Å². The fraction of sp³-hybridized carbons (Fsp3) is 0.500. The van der Waals surface area contributed by atoms with Gasteiger partial charge in [-0.2, -0.15) is 0 Å². The number of anilines is 2. The van der Waals surface area contributed by atoms with Gasteiger partial charge in [0.05, 0.1) is 5.52 Å². The van der Waals surface area contributed by atoms with Crippen LogP contribution in [0.15, 0.2) is 24.8 Å². The van der Waals surface area contributed by atoms with Crippen molar-refractivity contribution >= 4 is 22.7 Å². The molecule has 3 aromatic heterocycles. The first kappa shape index (κ1) is 16.5. The van der Waals surface area contributed by atoms with Gasteiger partial charge in [-0.3, -0.25) is 0 Å². The maximum atomic E-state index is 4.58. The summed E-state index contributed by atoms with van der Waals surface area (Å²) in [6, 6.07) is 5.39. The summed E-state index contributed by atoms with van der Waals surface area (Å²) in [5.41, 5.74) is 4.21. The van der Waals surface area contributed by atoms with Crippen molar-refractivity contribution in [3.05, 3.63) is 36.2 Å². The van der Waals surface area contributed by atoms with Gasteiger partial charge >= 0.3 is 0 Å². The molecule has 2 aliphatic rings. The zero-order chi connectivity index (χ0) is 18.4. The topological polar surface area (TPSA) is 73.8 Å². The van der Waals surface area contributed by atoms with Crippen molar-refractivity contribution in [3.63, 3.8) is 0 Å². The minimum absolute atomic E-state index is 0.533. The average Bonchev–Trinajstić information content (AvgIpc) is 3.42. The summed E-state index contributed by atoms with van der Waals surface area (Å²) in [6.07, 6.45) is 8.15. The smallest absolute Gasteiger partial charge is 0.156 e. The average molecular weight is 363 g/mol. The number of fused-ring (bicyclic) bond motifs is 1. The van der Waals surface area contributed by atoms with E-state index in [4.69, 9.17) is 0 Å². The molecule has 27 heavy (non-hydrogen) atoms. The van der Waals surface area contributed by atoms with Crippen LogP contribution in [0.2, 0.25) is 0 Å². The molecule has 3 aromatic rings. The Kier molecular flexibility index (Phi) is 3.95. The lowest BCUT2D eigenvalue weighted by Crippen LogP contribution is -2.46. The van der Waals surface area contributed by atoms with E-state index in [1.807, 2.05) is 6.92 Å². The molecule has 0 aromatic carbocycles. The SMILES string of the molecule is Cc1cc(N(C2CC2)C2CCN(c3ncnc4cc(C)[nH]c34)CC2)ncn1. The van der Waals surface area contributed by atoms with E-state index in [-0.39, 0.29) is 0 Å². The van der Waals surface area contributed by atoms with Crippen LogP contribution in [0.1, 0.15) is 37.1 Å². The number of hydrogen-bond donors (Lipinski definition) is 1. The molecule has 7 nitrogen and oxygen atoms in total. The number of aromatic amines is 1. The predicted molar refractivity (Wildman–Crippen MR) is 106 cm³/mol. The molecule has 2 fully saturated rings. The van der Waals surface area contributed by atoms with Crippen LogP contribution in [0.3, 0.4) is 0 Å². The van der Waals surface area contributed by atoms with Crippen LogP contribution in [0.4, 0.5) is 11.6 Å². The lowest BCUT2D eigenvalue weighted by atomic mass is 10.0. The third kappa shape index (κ3) is 3.11. The lowest BCUT2D eigenvalue weighted by Gasteiger charge is -2.40. The third-order valence-electron chi connectivity index (χ3n) is 5.68. The van der Waals surface area contributed by atoms with Crippen LogP contribution < -0.4 is 9.80 Å². The zero-order valence-electron chi connectivity index (χ0n) is 15.9. The maximum absolute atomic E-state index is 4.58. The number of aromatic nitrogens is 5. The highest BCUT2D eigenvalue weighted by molar-refractivity contribution is 5.86. The molecule has 1 saturated carbocycles. The van der Waals surface area contributed by atoms with Crippen molar-refractivity contribution in [1.82, 2.24) is 24.9 Å². The standard InChI is InChI=1S/C20H25N7/c1-13-10-18(23-11-21-13)27(15-3-4-15)16-5-7-26(8-6-16)20-19-17(22-12-24-20)9-14(2)25-19/h9-12,15-16,25H,3-8H2,1-2H3. The Morgan fingerprint density at radius 3 is 2.41 bits per heavy atom. The molecule has 5 rings (SSSR count). The van der Waals surface area contributed by atoms with E-state index in [2.05, 4.69) is 53.8 Å². The minimum Gasteiger partial charge on any atom is -0.355 e. The first-order valence-corrected chi connectivity index (χ1v) is 9.81. The van der Waals surface area contributed by atoms with Gasteiger partial charge in [0.1, 0.15) is 24.0 Å². The van der Waals surface area contributed by atoms with E-state index in [1.54, 1.807) is 12.7 Å². The van der Waals surface area contributed by atoms with E-state index >= 15 is 0 Å². The van der Waals surface area contributed by atoms with Crippen molar-refractivity contribution in [1.29, 1.82) is 0 Å². The molecule has 1 N–H and O–H groups in total. The highest BCUT2D eigenvalue weighted by atomic mass is 15.3. The Bertz CT molecular complexity index is 954. The number of piperidine rings is 1. The van der Waals surface area contributed by atoms with Crippen LogP contribution >= 0.6 is 0 Å². The van der Waals surface area contributed by atoms with Crippen LogP contribution in [0, 0.1) is 13.8 Å². The predicted octanol–water partition coefficient (Wildman–Crippen LogP) is 3.00. The summed E-state index contributed by atoms with van der Waals surface area (Å²) in [6.45, 7) is 6.11. The van der Waals surface area contributed by atoms with Gasteiger partial charge in [-0.15, -0.1) is 0 Å². The Hall–Kier alpha value is -2.70.